The molecule has 0 bridgehead atoms. The lowest BCUT2D eigenvalue weighted by Gasteiger charge is -2.36. The maximum atomic E-state index is 12.7. The Morgan fingerprint density at radius 3 is 2.58 bits per heavy atom. The van der Waals surface area contributed by atoms with E-state index in [9.17, 15) is 9.59 Å². The number of carbonyl (C=O) groups excluding carboxylic acids is 2. The molecule has 0 saturated carbocycles. The minimum Gasteiger partial charge on any atom is -0.496 e. The Morgan fingerprint density at radius 2 is 1.96 bits per heavy atom. The van der Waals surface area contributed by atoms with Gasteiger partial charge >= 0.3 is 0 Å². The summed E-state index contributed by atoms with van der Waals surface area (Å²) in [4.78, 5) is 28.7. The minimum atomic E-state index is -0.115. The number of ether oxygens (including phenoxy) is 1. The molecule has 130 valence electrons. The van der Waals surface area contributed by atoms with Crippen LogP contribution in [0, 0.1) is 0 Å². The largest absolute Gasteiger partial charge is 0.496 e. The average Bonchev–Trinajstić information content (AvgIpc) is 3.15. The Bertz CT molecular complexity index is 629. The third-order valence-electron chi connectivity index (χ3n) is 4.28. The van der Waals surface area contributed by atoms with Crippen LogP contribution in [-0.2, 0) is 4.79 Å². The molecule has 8 heteroatoms. The predicted molar refractivity (Wildman–Crippen MR) is 94.7 cm³/mol. The first kappa shape index (κ1) is 17.4. The summed E-state index contributed by atoms with van der Waals surface area (Å²) in [5.41, 5.74) is 0.457. The van der Waals surface area contributed by atoms with Gasteiger partial charge in [-0.05, 0) is 18.2 Å². The van der Waals surface area contributed by atoms with Crippen LogP contribution in [0.1, 0.15) is 10.4 Å². The van der Waals surface area contributed by atoms with Gasteiger partial charge in [0.2, 0.25) is 5.91 Å². The van der Waals surface area contributed by atoms with Gasteiger partial charge in [0.1, 0.15) is 5.75 Å². The van der Waals surface area contributed by atoms with E-state index in [2.05, 4.69) is 5.32 Å². The van der Waals surface area contributed by atoms with Crippen LogP contribution in [0.3, 0.4) is 0 Å². The van der Waals surface area contributed by atoms with E-state index in [0.29, 0.717) is 42.5 Å². The summed E-state index contributed by atoms with van der Waals surface area (Å²) in [5, 5.41) is 3.69. The van der Waals surface area contributed by atoms with Crippen molar-refractivity contribution in [2.45, 2.75) is 6.04 Å². The number of piperazine rings is 1. The van der Waals surface area contributed by atoms with Gasteiger partial charge in [-0.25, -0.2) is 0 Å². The molecule has 1 atom stereocenters. The topological polar surface area (TPSA) is 61.9 Å². The lowest BCUT2D eigenvalue weighted by atomic mass is 10.1. The van der Waals surface area contributed by atoms with Crippen molar-refractivity contribution in [1.82, 2.24) is 15.1 Å². The van der Waals surface area contributed by atoms with Gasteiger partial charge in [0.15, 0.2) is 0 Å². The van der Waals surface area contributed by atoms with Gasteiger partial charge in [0.05, 0.1) is 18.7 Å². The highest BCUT2D eigenvalue weighted by Crippen LogP contribution is 2.24. The van der Waals surface area contributed by atoms with E-state index in [1.54, 1.807) is 34.9 Å². The number of hydrogen-bond donors (Lipinski definition) is 1. The molecule has 1 aromatic carbocycles. The second-order valence-electron chi connectivity index (χ2n) is 5.73. The van der Waals surface area contributed by atoms with E-state index < -0.39 is 0 Å². The zero-order valence-corrected chi connectivity index (χ0v) is 15.0. The van der Waals surface area contributed by atoms with Gasteiger partial charge < -0.3 is 14.5 Å². The zero-order valence-electron chi connectivity index (χ0n) is 13.5. The molecule has 3 rings (SSSR count). The lowest BCUT2D eigenvalue weighted by molar-refractivity contribution is -0.134. The van der Waals surface area contributed by atoms with Crippen molar-refractivity contribution >= 4 is 35.2 Å². The molecule has 24 heavy (non-hydrogen) atoms. The third-order valence-corrected chi connectivity index (χ3v) is 5.46. The van der Waals surface area contributed by atoms with Crippen molar-refractivity contribution in [3.05, 3.63) is 28.8 Å². The normalized spacial score (nSPS) is 21.0. The van der Waals surface area contributed by atoms with Crippen LogP contribution < -0.4 is 10.1 Å². The number of nitrogens with zero attached hydrogens (tertiary/aromatic N) is 2. The minimum absolute atomic E-state index is 0.0923. The smallest absolute Gasteiger partial charge is 0.257 e. The number of thioether (sulfide) groups is 1. The predicted octanol–water partition coefficient (Wildman–Crippen LogP) is 1.30. The Hall–Kier alpha value is -1.44. The van der Waals surface area contributed by atoms with E-state index in [1.165, 1.54) is 7.11 Å². The van der Waals surface area contributed by atoms with Crippen molar-refractivity contribution in [1.29, 1.82) is 0 Å². The number of halogens is 1. The molecule has 2 aliphatic rings. The van der Waals surface area contributed by atoms with Crippen molar-refractivity contribution in [3.63, 3.8) is 0 Å². The molecule has 1 aromatic rings. The lowest BCUT2D eigenvalue weighted by Crippen LogP contribution is -2.54. The van der Waals surface area contributed by atoms with Crippen LogP contribution in [0.5, 0.6) is 5.75 Å². The standard InChI is InChI=1S/C16H20ClN3O3S/c1-23-14-3-2-11(17)8-12(14)15(21)19-4-6-20(7-5-19)16(22)13-9-24-10-18-13/h2-3,8,13,18H,4-7,9-10H2,1H3. The molecule has 2 saturated heterocycles. The Labute approximate surface area is 150 Å². The summed E-state index contributed by atoms with van der Waals surface area (Å²) in [5.74, 6) is 2.17. The second kappa shape index (κ2) is 7.63. The number of methoxy groups -OCH3 is 1. The number of amides is 2. The van der Waals surface area contributed by atoms with E-state index in [0.717, 1.165) is 11.6 Å². The molecule has 2 aliphatic heterocycles. The Kier molecular flexibility index (Phi) is 5.53. The maximum absolute atomic E-state index is 12.7. The highest BCUT2D eigenvalue weighted by Gasteiger charge is 2.31. The molecule has 2 amide bonds. The number of carbonyl (C=O) groups is 2. The van der Waals surface area contributed by atoms with Gasteiger partial charge in [0, 0.05) is 42.8 Å². The zero-order chi connectivity index (χ0) is 17.1. The van der Waals surface area contributed by atoms with Crippen LogP contribution in [0.15, 0.2) is 18.2 Å². The van der Waals surface area contributed by atoms with E-state index in [-0.39, 0.29) is 17.9 Å². The average molecular weight is 370 g/mol. The second-order valence-corrected chi connectivity index (χ2v) is 7.20. The molecule has 1 N–H and O–H groups in total. The molecule has 0 aromatic heterocycles. The molecule has 6 nitrogen and oxygen atoms in total. The number of hydrogen-bond acceptors (Lipinski definition) is 5. The highest BCUT2D eigenvalue weighted by molar-refractivity contribution is 7.99. The molecule has 0 spiro atoms. The summed E-state index contributed by atoms with van der Waals surface area (Å²) in [6.07, 6.45) is 0. The summed E-state index contributed by atoms with van der Waals surface area (Å²) in [7, 11) is 1.53. The quantitative estimate of drug-likeness (QED) is 0.870. The SMILES string of the molecule is COc1ccc(Cl)cc1C(=O)N1CCN(C(=O)C2CSCN2)CC1. The van der Waals surface area contributed by atoms with Crippen LogP contribution >= 0.6 is 23.4 Å². The molecule has 2 fully saturated rings. The van der Waals surface area contributed by atoms with E-state index in [4.69, 9.17) is 16.3 Å². The first-order valence-electron chi connectivity index (χ1n) is 7.83. The van der Waals surface area contributed by atoms with Gasteiger partial charge in [-0.1, -0.05) is 11.6 Å². The fourth-order valence-corrected chi connectivity index (χ4v) is 4.03. The fourth-order valence-electron chi connectivity index (χ4n) is 2.92. The van der Waals surface area contributed by atoms with Crippen LogP contribution in [-0.4, -0.2) is 72.6 Å². The van der Waals surface area contributed by atoms with Gasteiger partial charge in [-0.2, -0.15) is 0 Å². The van der Waals surface area contributed by atoms with Gasteiger partial charge in [-0.15, -0.1) is 11.8 Å². The molecule has 0 radical (unpaired) electrons. The number of benzene rings is 1. The molecule has 2 heterocycles. The molecular weight excluding hydrogens is 350 g/mol. The Morgan fingerprint density at radius 1 is 1.25 bits per heavy atom. The fraction of sp³-hybridized carbons (Fsp3) is 0.500. The van der Waals surface area contributed by atoms with Gasteiger partial charge in [-0.3, -0.25) is 14.9 Å². The highest BCUT2D eigenvalue weighted by atomic mass is 35.5. The van der Waals surface area contributed by atoms with Crippen molar-refractivity contribution in [2.24, 2.45) is 0 Å². The molecule has 0 aliphatic carbocycles. The molecular formula is C16H20ClN3O3S. The van der Waals surface area contributed by atoms with E-state index in [1.807, 2.05) is 4.90 Å². The van der Waals surface area contributed by atoms with Crippen LogP contribution in [0.25, 0.3) is 0 Å². The summed E-state index contributed by atoms with van der Waals surface area (Å²) < 4.78 is 5.26. The number of rotatable bonds is 3. The van der Waals surface area contributed by atoms with Gasteiger partial charge in [0.25, 0.3) is 5.91 Å². The summed E-state index contributed by atoms with van der Waals surface area (Å²) in [6.45, 7) is 2.13. The molecule has 1 unspecified atom stereocenters. The monoisotopic (exact) mass is 369 g/mol. The van der Waals surface area contributed by atoms with Crippen LogP contribution in [0.4, 0.5) is 0 Å². The first-order chi connectivity index (χ1) is 11.6. The third kappa shape index (κ3) is 3.63. The summed E-state index contributed by atoms with van der Waals surface area (Å²) >= 11 is 7.74. The van der Waals surface area contributed by atoms with Crippen molar-refractivity contribution in [2.75, 3.05) is 44.9 Å². The van der Waals surface area contributed by atoms with Crippen LogP contribution in [0.2, 0.25) is 5.02 Å². The van der Waals surface area contributed by atoms with E-state index >= 15 is 0 Å². The maximum Gasteiger partial charge on any atom is 0.257 e. The summed E-state index contributed by atoms with van der Waals surface area (Å²) in [6, 6.07) is 4.92. The Balaban J connectivity index is 1.63. The number of nitrogens with one attached hydrogen (secondary N) is 1. The van der Waals surface area contributed by atoms with Crippen molar-refractivity contribution in [3.8, 4) is 5.75 Å². The van der Waals surface area contributed by atoms with Crippen molar-refractivity contribution < 1.29 is 14.3 Å². The first-order valence-corrected chi connectivity index (χ1v) is 9.36.